The van der Waals surface area contributed by atoms with E-state index in [1.165, 1.54) is 26.4 Å². The molecule has 1 aromatic rings. The number of rotatable bonds is 14. The molecule has 1 N–H and O–H groups in total. The van der Waals surface area contributed by atoms with Crippen molar-refractivity contribution in [2.24, 2.45) is 5.18 Å². The van der Waals surface area contributed by atoms with E-state index in [4.69, 9.17) is 34.1 Å². The number of aliphatic hydroxyl groups is 1. The van der Waals surface area contributed by atoms with E-state index in [-0.39, 0.29) is 49.2 Å². The number of ether oxygens (including phenoxy) is 5. The molecule has 30 heavy (non-hydrogen) atoms. The minimum absolute atomic E-state index is 0.0177. The average Bonchev–Trinajstić information content (AvgIpc) is 2.77. The van der Waals surface area contributed by atoms with Crippen molar-refractivity contribution < 1.29 is 33.6 Å². The fourth-order valence-corrected chi connectivity index (χ4v) is 2.16. The van der Waals surface area contributed by atoms with Crippen LogP contribution in [-0.4, -0.2) is 64.9 Å². The quantitative estimate of drug-likeness (QED) is 0.120. The summed E-state index contributed by atoms with van der Waals surface area (Å²) in [5.74, 6) is -0.317. The summed E-state index contributed by atoms with van der Waals surface area (Å²) in [5, 5.41) is 20.6. The van der Waals surface area contributed by atoms with Gasteiger partial charge in [0.15, 0.2) is 17.2 Å². The minimum atomic E-state index is -0.780. The van der Waals surface area contributed by atoms with Gasteiger partial charge < -0.3 is 28.8 Å². The molecular weight excluding hydrogens is 396 g/mol. The third kappa shape index (κ3) is 8.40. The van der Waals surface area contributed by atoms with Gasteiger partial charge in [0, 0.05) is 0 Å². The number of aliphatic hydroxyl groups excluding tert-OH is 1. The first-order valence-corrected chi connectivity index (χ1v) is 8.92. The molecule has 0 atom stereocenters. The van der Waals surface area contributed by atoms with E-state index < -0.39 is 5.97 Å². The van der Waals surface area contributed by atoms with Crippen LogP contribution in [0.25, 0.3) is 6.08 Å². The molecule has 0 bridgehead atoms. The van der Waals surface area contributed by atoms with Crippen LogP contribution in [0.15, 0.2) is 35.0 Å². The largest absolute Gasteiger partial charge is 0.494 e. The number of benzene rings is 1. The van der Waals surface area contributed by atoms with E-state index in [0.29, 0.717) is 18.8 Å². The van der Waals surface area contributed by atoms with Crippen LogP contribution in [-0.2, 0) is 19.0 Å². The zero-order chi connectivity index (χ0) is 22.2. The summed E-state index contributed by atoms with van der Waals surface area (Å²) in [6, 6.07) is 4.90. The standard InChI is InChI=1S/C20H24N2O8/c1-26-17-12-15(13-18(27-2)19(17)22-25)4-3-5-16(14-21)20(24)30-11-10-29-9-8-28-7-6-23/h3-5,12-13,23H,6-11H2,1-2H3/b4-3+,16-5+. The lowest BCUT2D eigenvalue weighted by Crippen LogP contribution is -2.14. The second-order valence-electron chi connectivity index (χ2n) is 5.50. The van der Waals surface area contributed by atoms with Gasteiger partial charge in [0.25, 0.3) is 0 Å². The Bertz CT molecular complexity index is 773. The molecule has 0 saturated heterocycles. The molecule has 10 nitrogen and oxygen atoms in total. The Morgan fingerprint density at radius 1 is 1.10 bits per heavy atom. The molecule has 0 unspecified atom stereocenters. The van der Waals surface area contributed by atoms with Crippen molar-refractivity contribution in [3.8, 4) is 17.6 Å². The van der Waals surface area contributed by atoms with Crippen molar-refractivity contribution in [1.29, 1.82) is 5.26 Å². The average molecular weight is 420 g/mol. The number of nitroso groups, excluding NO2 is 1. The number of nitriles is 1. The minimum Gasteiger partial charge on any atom is -0.494 e. The summed E-state index contributed by atoms with van der Waals surface area (Å²) in [5.41, 5.74) is 0.452. The maximum atomic E-state index is 11.9. The zero-order valence-electron chi connectivity index (χ0n) is 16.8. The highest BCUT2D eigenvalue weighted by molar-refractivity contribution is 5.93. The monoisotopic (exact) mass is 420 g/mol. The second kappa shape index (κ2) is 14.7. The van der Waals surface area contributed by atoms with E-state index in [2.05, 4.69) is 5.18 Å². The maximum Gasteiger partial charge on any atom is 0.348 e. The van der Waals surface area contributed by atoms with E-state index in [1.54, 1.807) is 24.3 Å². The Kier molecular flexibility index (Phi) is 12.1. The molecule has 0 aliphatic carbocycles. The molecule has 0 saturated carbocycles. The van der Waals surface area contributed by atoms with Gasteiger partial charge in [-0.3, -0.25) is 0 Å². The van der Waals surface area contributed by atoms with Crippen molar-refractivity contribution in [3.05, 3.63) is 40.3 Å². The lowest BCUT2D eigenvalue weighted by molar-refractivity contribution is -0.140. The van der Waals surface area contributed by atoms with Crippen LogP contribution in [0.1, 0.15) is 5.56 Å². The lowest BCUT2D eigenvalue weighted by Gasteiger charge is -2.08. The van der Waals surface area contributed by atoms with Crippen LogP contribution in [0, 0.1) is 16.2 Å². The Balaban J connectivity index is 2.62. The Morgan fingerprint density at radius 2 is 1.70 bits per heavy atom. The van der Waals surface area contributed by atoms with E-state index in [0.717, 1.165) is 0 Å². The van der Waals surface area contributed by atoms with Gasteiger partial charge in [0.05, 0.1) is 47.3 Å². The van der Waals surface area contributed by atoms with E-state index >= 15 is 0 Å². The highest BCUT2D eigenvalue weighted by atomic mass is 16.6. The highest BCUT2D eigenvalue weighted by Gasteiger charge is 2.12. The first-order valence-electron chi connectivity index (χ1n) is 8.92. The molecule has 10 heteroatoms. The SMILES string of the molecule is COc1cc(/C=C/C=C(\C#N)C(=O)OCCOCCOCCO)cc(OC)c1N=O. The molecule has 0 amide bonds. The molecule has 0 heterocycles. The molecule has 0 aliphatic rings. The molecule has 0 aliphatic heterocycles. The van der Waals surface area contributed by atoms with Crippen molar-refractivity contribution in [3.63, 3.8) is 0 Å². The number of allylic oxidation sites excluding steroid dienone is 2. The summed E-state index contributed by atoms with van der Waals surface area (Å²) >= 11 is 0. The number of esters is 1. The predicted octanol–water partition coefficient (Wildman–Crippen LogP) is 2.13. The molecule has 0 radical (unpaired) electrons. The van der Waals surface area contributed by atoms with Crippen LogP contribution in [0.4, 0.5) is 5.69 Å². The van der Waals surface area contributed by atoms with Crippen molar-refractivity contribution >= 4 is 17.7 Å². The third-order valence-corrected chi connectivity index (χ3v) is 3.55. The summed E-state index contributed by atoms with van der Waals surface area (Å²) in [7, 11) is 2.79. The Morgan fingerprint density at radius 3 is 2.23 bits per heavy atom. The molecular formula is C20H24N2O8. The van der Waals surface area contributed by atoms with Gasteiger partial charge >= 0.3 is 5.97 Å². The number of hydrogen-bond donors (Lipinski definition) is 1. The summed E-state index contributed by atoms with van der Waals surface area (Å²) in [4.78, 5) is 22.9. The van der Waals surface area contributed by atoms with Gasteiger partial charge in [0.2, 0.25) is 0 Å². The van der Waals surface area contributed by atoms with E-state index in [1.807, 2.05) is 0 Å². The van der Waals surface area contributed by atoms with Crippen molar-refractivity contribution in [2.45, 2.75) is 0 Å². The van der Waals surface area contributed by atoms with E-state index in [9.17, 15) is 9.70 Å². The Labute approximate surface area is 174 Å². The lowest BCUT2D eigenvalue weighted by atomic mass is 10.1. The predicted molar refractivity (Wildman–Crippen MR) is 107 cm³/mol. The van der Waals surface area contributed by atoms with Crippen molar-refractivity contribution in [2.75, 3.05) is 53.9 Å². The maximum absolute atomic E-state index is 11.9. The van der Waals surface area contributed by atoms with Crippen LogP contribution in [0.2, 0.25) is 0 Å². The number of carbonyl (C=O) groups excluding carboxylic acids is 1. The third-order valence-electron chi connectivity index (χ3n) is 3.55. The highest BCUT2D eigenvalue weighted by Crippen LogP contribution is 2.38. The molecule has 0 fully saturated rings. The topological polar surface area (TPSA) is 137 Å². The molecule has 162 valence electrons. The number of methoxy groups -OCH3 is 2. The van der Waals surface area contributed by atoms with Gasteiger partial charge in [-0.05, 0) is 28.9 Å². The van der Waals surface area contributed by atoms with Crippen LogP contribution >= 0.6 is 0 Å². The van der Waals surface area contributed by atoms with Gasteiger partial charge in [-0.1, -0.05) is 12.2 Å². The van der Waals surface area contributed by atoms with Gasteiger partial charge in [-0.15, -0.1) is 4.91 Å². The fraction of sp³-hybridized carbons (Fsp3) is 0.400. The van der Waals surface area contributed by atoms with Gasteiger partial charge in [-0.2, -0.15) is 5.26 Å². The summed E-state index contributed by atoms with van der Waals surface area (Å²) < 4.78 is 25.4. The Hall–Kier alpha value is -3.26. The van der Waals surface area contributed by atoms with Gasteiger partial charge in [-0.25, -0.2) is 4.79 Å². The van der Waals surface area contributed by atoms with Crippen LogP contribution < -0.4 is 9.47 Å². The smallest absolute Gasteiger partial charge is 0.348 e. The van der Waals surface area contributed by atoms with Crippen molar-refractivity contribution in [1.82, 2.24) is 0 Å². The van der Waals surface area contributed by atoms with Crippen LogP contribution in [0.3, 0.4) is 0 Å². The normalized spacial score (nSPS) is 11.2. The molecule has 0 spiro atoms. The van der Waals surface area contributed by atoms with Gasteiger partial charge in [0.1, 0.15) is 18.2 Å². The first kappa shape index (κ1) is 24.8. The zero-order valence-corrected chi connectivity index (χ0v) is 16.8. The summed E-state index contributed by atoms with van der Waals surface area (Å²) in [6.07, 6.45) is 4.38. The first-order chi connectivity index (χ1) is 14.6. The number of hydrogen-bond acceptors (Lipinski definition) is 10. The number of carbonyl (C=O) groups is 1. The van der Waals surface area contributed by atoms with Crippen LogP contribution in [0.5, 0.6) is 11.5 Å². The second-order valence-corrected chi connectivity index (χ2v) is 5.50. The summed E-state index contributed by atoms with van der Waals surface area (Å²) in [6.45, 7) is 0.932. The molecule has 1 rings (SSSR count). The number of nitrogens with zero attached hydrogens (tertiary/aromatic N) is 2. The molecule has 1 aromatic carbocycles. The molecule has 0 aromatic heterocycles. The fourth-order valence-electron chi connectivity index (χ4n) is 2.16.